The first-order valence-electron chi connectivity index (χ1n) is 10.4. The summed E-state index contributed by atoms with van der Waals surface area (Å²) in [5.41, 5.74) is 1.02. The van der Waals surface area contributed by atoms with E-state index in [0.29, 0.717) is 51.3 Å². The molecule has 2 heterocycles. The number of piperidine rings is 1. The van der Waals surface area contributed by atoms with Crippen molar-refractivity contribution in [2.24, 2.45) is 5.92 Å². The van der Waals surface area contributed by atoms with Crippen molar-refractivity contribution >= 4 is 15.9 Å². The van der Waals surface area contributed by atoms with Gasteiger partial charge in [-0.15, -0.1) is 0 Å². The van der Waals surface area contributed by atoms with E-state index in [1.54, 1.807) is 0 Å². The van der Waals surface area contributed by atoms with Gasteiger partial charge in [-0.2, -0.15) is 4.31 Å². The van der Waals surface area contributed by atoms with Crippen LogP contribution in [0.3, 0.4) is 0 Å². The van der Waals surface area contributed by atoms with Crippen molar-refractivity contribution in [2.45, 2.75) is 24.2 Å². The highest BCUT2D eigenvalue weighted by Gasteiger charge is 2.33. The van der Waals surface area contributed by atoms with E-state index >= 15 is 0 Å². The highest BCUT2D eigenvalue weighted by Crippen LogP contribution is 2.31. The number of carbonyl (C=O) groups is 1. The summed E-state index contributed by atoms with van der Waals surface area (Å²) in [6.45, 7) is 1.97. The number of hydrogen-bond donors (Lipinski definition) is 1. The Bertz CT molecular complexity index is 1040. The van der Waals surface area contributed by atoms with Crippen molar-refractivity contribution in [3.8, 4) is 11.5 Å². The van der Waals surface area contributed by atoms with Crippen molar-refractivity contribution in [1.82, 2.24) is 9.62 Å². The van der Waals surface area contributed by atoms with E-state index in [1.807, 2.05) is 18.2 Å². The molecule has 0 spiro atoms. The van der Waals surface area contributed by atoms with Gasteiger partial charge in [-0.05, 0) is 61.2 Å². The molecule has 31 heavy (non-hydrogen) atoms. The van der Waals surface area contributed by atoms with Crippen molar-refractivity contribution in [1.29, 1.82) is 0 Å². The third kappa shape index (κ3) is 4.99. The molecule has 0 aliphatic carbocycles. The van der Waals surface area contributed by atoms with Crippen LogP contribution in [-0.2, 0) is 21.2 Å². The fourth-order valence-electron chi connectivity index (χ4n) is 3.85. The molecule has 2 aliphatic heterocycles. The quantitative estimate of drug-likeness (QED) is 0.733. The minimum absolute atomic E-state index is 0.0357. The Hall–Kier alpha value is -2.65. The molecule has 0 saturated carbocycles. The van der Waals surface area contributed by atoms with Crippen LogP contribution in [-0.4, -0.2) is 51.5 Å². The van der Waals surface area contributed by atoms with Gasteiger partial charge in [0.2, 0.25) is 15.9 Å². The highest BCUT2D eigenvalue weighted by atomic mass is 32.2. The number of ether oxygens (including phenoxy) is 2. The zero-order valence-electron chi connectivity index (χ0n) is 17.1. The summed E-state index contributed by atoms with van der Waals surface area (Å²) in [6, 6.07) is 10.5. The summed E-state index contributed by atoms with van der Waals surface area (Å²) in [5.74, 6) is 0.376. The molecule has 4 rings (SSSR count). The average Bonchev–Trinajstić information content (AvgIpc) is 2.79. The molecule has 7 nitrogen and oxygen atoms in total. The smallest absolute Gasteiger partial charge is 0.243 e. The first-order valence-corrected chi connectivity index (χ1v) is 11.8. The molecule has 1 fully saturated rings. The Labute approximate surface area is 181 Å². The largest absolute Gasteiger partial charge is 0.486 e. The molecule has 2 aromatic carbocycles. The van der Waals surface area contributed by atoms with Gasteiger partial charge in [0.15, 0.2) is 11.5 Å². The summed E-state index contributed by atoms with van der Waals surface area (Å²) in [7, 11) is -3.76. The molecule has 166 valence electrons. The number of fused-ring (bicyclic) bond motifs is 1. The molecule has 1 atom stereocenters. The molecular weight excluding hydrogens is 423 g/mol. The molecule has 9 heteroatoms. The van der Waals surface area contributed by atoms with Gasteiger partial charge in [0.05, 0.1) is 10.8 Å². The average molecular weight is 449 g/mol. The molecule has 2 aliphatic rings. The summed E-state index contributed by atoms with van der Waals surface area (Å²) in [6.07, 6.45) is 1.86. The minimum atomic E-state index is -3.76. The predicted molar refractivity (Wildman–Crippen MR) is 112 cm³/mol. The third-order valence-corrected chi connectivity index (χ3v) is 7.41. The molecular formula is C22H25FN2O5S. The number of amides is 1. The van der Waals surface area contributed by atoms with Crippen LogP contribution in [0.5, 0.6) is 11.5 Å². The highest BCUT2D eigenvalue weighted by molar-refractivity contribution is 7.89. The first-order chi connectivity index (χ1) is 14.9. The van der Waals surface area contributed by atoms with Crippen molar-refractivity contribution in [2.75, 3.05) is 32.8 Å². The van der Waals surface area contributed by atoms with Crippen LogP contribution in [0.25, 0.3) is 0 Å². The summed E-state index contributed by atoms with van der Waals surface area (Å²) in [5, 5.41) is 2.92. The number of nitrogens with zero attached hydrogens (tertiary/aromatic N) is 1. The van der Waals surface area contributed by atoms with E-state index in [9.17, 15) is 17.6 Å². The van der Waals surface area contributed by atoms with Crippen molar-refractivity contribution < 1.29 is 27.1 Å². The van der Waals surface area contributed by atoms with Crippen LogP contribution < -0.4 is 14.8 Å². The van der Waals surface area contributed by atoms with Gasteiger partial charge >= 0.3 is 0 Å². The van der Waals surface area contributed by atoms with Crippen LogP contribution >= 0.6 is 0 Å². The predicted octanol–water partition coefficient (Wildman–Crippen LogP) is 2.36. The normalized spacial score (nSPS) is 19.1. The SMILES string of the molecule is O=C(NCCc1ccc2c(c1)OCCO2)C1CCCN(S(=O)(=O)c2ccc(F)cc2)C1. The van der Waals surface area contributed by atoms with E-state index in [4.69, 9.17) is 9.47 Å². The molecule has 2 aromatic rings. The number of carbonyl (C=O) groups excluding carboxylic acids is 1. The number of rotatable bonds is 6. The van der Waals surface area contributed by atoms with E-state index in [0.717, 1.165) is 23.4 Å². The topological polar surface area (TPSA) is 84.9 Å². The molecule has 1 N–H and O–H groups in total. The lowest BCUT2D eigenvalue weighted by atomic mass is 9.98. The Morgan fingerprint density at radius 1 is 1.10 bits per heavy atom. The van der Waals surface area contributed by atoms with Crippen LogP contribution in [0.4, 0.5) is 4.39 Å². The van der Waals surface area contributed by atoms with Gasteiger partial charge < -0.3 is 14.8 Å². The number of halogens is 1. The Balaban J connectivity index is 1.32. The number of hydrogen-bond acceptors (Lipinski definition) is 5. The maximum Gasteiger partial charge on any atom is 0.243 e. The maximum atomic E-state index is 13.1. The zero-order chi connectivity index (χ0) is 21.8. The molecule has 0 aromatic heterocycles. The van der Waals surface area contributed by atoms with Gasteiger partial charge in [-0.1, -0.05) is 6.07 Å². The lowest BCUT2D eigenvalue weighted by molar-refractivity contribution is -0.126. The molecule has 0 bridgehead atoms. The second-order valence-corrected chi connectivity index (χ2v) is 9.61. The Kier molecular flexibility index (Phi) is 6.43. The number of benzene rings is 2. The van der Waals surface area contributed by atoms with Crippen molar-refractivity contribution in [3.05, 3.63) is 53.8 Å². The van der Waals surface area contributed by atoms with E-state index in [-0.39, 0.29) is 17.3 Å². The second-order valence-electron chi connectivity index (χ2n) is 7.68. The second kappa shape index (κ2) is 9.23. The van der Waals surface area contributed by atoms with Gasteiger partial charge in [-0.25, -0.2) is 12.8 Å². The van der Waals surface area contributed by atoms with E-state index in [1.165, 1.54) is 16.4 Å². The lowest BCUT2D eigenvalue weighted by Crippen LogP contribution is -2.45. The first kappa shape index (κ1) is 21.6. The van der Waals surface area contributed by atoms with Crippen molar-refractivity contribution in [3.63, 3.8) is 0 Å². The molecule has 1 amide bonds. The van der Waals surface area contributed by atoms with Gasteiger partial charge in [0.1, 0.15) is 19.0 Å². The zero-order valence-corrected chi connectivity index (χ0v) is 17.9. The summed E-state index contributed by atoms with van der Waals surface area (Å²) in [4.78, 5) is 12.7. The maximum absolute atomic E-state index is 13.1. The van der Waals surface area contributed by atoms with Gasteiger partial charge in [0.25, 0.3) is 0 Å². The summed E-state index contributed by atoms with van der Waals surface area (Å²) >= 11 is 0. The van der Waals surface area contributed by atoms with Crippen LogP contribution in [0.2, 0.25) is 0 Å². The Morgan fingerprint density at radius 3 is 2.61 bits per heavy atom. The fourth-order valence-corrected chi connectivity index (χ4v) is 5.37. The fraction of sp³-hybridized carbons (Fsp3) is 0.409. The standard InChI is InChI=1S/C22H25FN2O5S/c23-18-4-6-19(7-5-18)31(27,28)25-11-1-2-17(15-25)22(26)24-10-9-16-3-8-20-21(14-16)30-13-12-29-20/h3-8,14,17H,1-2,9-13,15H2,(H,24,26). The lowest BCUT2D eigenvalue weighted by Gasteiger charge is -2.31. The molecule has 0 radical (unpaired) electrons. The molecule has 1 saturated heterocycles. The van der Waals surface area contributed by atoms with Crippen LogP contribution in [0, 0.1) is 11.7 Å². The van der Waals surface area contributed by atoms with Gasteiger partial charge in [0, 0.05) is 19.6 Å². The Morgan fingerprint density at radius 2 is 1.84 bits per heavy atom. The molecule has 1 unspecified atom stereocenters. The van der Waals surface area contributed by atoms with E-state index in [2.05, 4.69) is 5.32 Å². The van der Waals surface area contributed by atoms with E-state index < -0.39 is 21.8 Å². The van der Waals surface area contributed by atoms with Crippen LogP contribution in [0.15, 0.2) is 47.4 Å². The monoisotopic (exact) mass is 448 g/mol. The summed E-state index contributed by atoms with van der Waals surface area (Å²) < 4.78 is 51.2. The van der Waals surface area contributed by atoms with Crippen LogP contribution in [0.1, 0.15) is 18.4 Å². The van der Waals surface area contributed by atoms with Gasteiger partial charge in [-0.3, -0.25) is 4.79 Å². The third-order valence-electron chi connectivity index (χ3n) is 5.53. The number of sulfonamides is 1. The number of nitrogens with one attached hydrogen (secondary N) is 1. The minimum Gasteiger partial charge on any atom is -0.486 e.